The zero-order chi connectivity index (χ0) is 18.0. The second kappa shape index (κ2) is 6.69. The highest BCUT2D eigenvalue weighted by Crippen LogP contribution is 2.20. The molecule has 1 amide bonds. The molecular weight excluding hydrogens is 344 g/mol. The molecule has 0 saturated heterocycles. The van der Waals surface area contributed by atoms with Crippen molar-refractivity contribution >= 4 is 32.7 Å². The first kappa shape index (κ1) is 17.2. The van der Waals surface area contributed by atoms with Crippen molar-refractivity contribution in [3.05, 3.63) is 47.9 Å². The summed E-state index contributed by atoms with van der Waals surface area (Å²) < 4.78 is 30.6. The highest BCUT2D eigenvalue weighted by molar-refractivity contribution is 7.88. The van der Waals surface area contributed by atoms with Crippen molar-refractivity contribution in [1.82, 2.24) is 14.9 Å². The van der Waals surface area contributed by atoms with E-state index < -0.39 is 22.0 Å². The second-order valence-corrected chi connectivity index (χ2v) is 7.60. The number of rotatable bonds is 6. The van der Waals surface area contributed by atoms with E-state index in [1.165, 1.54) is 0 Å². The quantitative estimate of drug-likeness (QED) is 0.615. The van der Waals surface area contributed by atoms with Crippen LogP contribution in [0.4, 0.5) is 5.82 Å². The molecule has 2 heterocycles. The minimum absolute atomic E-state index is 0.194. The van der Waals surface area contributed by atoms with Crippen LogP contribution >= 0.6 is 0 Å². The molecule has 0 aliphatic rings. The van der Waals surface area contributed by atoms with E-state index in [2.05, 4.69) is 20.2 Å². The monoisotopic (exact) mass is 362 g/mol. The Hall–Kier alpha value is -2.65. The van der Waals surface area contributed by atoms with Crippen LogP contribution < -0.4 is 10.0 Å². The standard InChI is InChI=1S/C16H18N4O4S/c1-10-7-15(19-24-10)18-16(21)14(20-25(2,22)23)8-11-9-17-13-6-4-3-5-12(11)13/h3-7,9,14,17,20H,8H2,1-2H3,(H,18,19,21)/t14-/m1/s1. The number of carbonyl (C=O) groups excluding carboxylic acids is 1. The van der Waals surface area contributed by atoms with Gasteiger partial charge in [-0.1, -0.05) is 23.4 Å². The third-order valence-corrected chi connectivity index (χ3v) is 4.36. The van der Waals surface area contributed by atoms with Crippen LogP contribution in [0.3, 0.4) is 0 Å². The molecule has 0 aliphatic carbocycles. The molecule has 2 aromatic heterocycles. The summed E-state index contributed by atoms with van der Waals surface area (Å²) in [6, 6.07) is 8.19. The van der Waals surface area contributed by atoms with Gasteiger partial charge in [-0.15, -0.1) is 0 Å². The highest BCUT2D eigenvalue weighted by Gasteiger charge is 2.24. The molecule has 132 valence electrons. The van der Waals surface area contributed by atoms with Gasteiger partial charge in [0.05, 0.1) is 6.26 Å². The molecule has 1 atom stereocenters. The number of H-pyrrole nitrogens is 1. The van der Waals surface area contributed by atoms with Crippen molar-refractivity contribution in [3.8, 4) is 0 Å². The van der Waals surface area contributed by atoms with Gasteiger partial charge in [0.2, 0.25) is 15.9 Å². The number of carbonyl (C=O) groups is 1. The Morgan fingerprint density at radius 2 is 2.12 bits per heavy atom. The maximum atomic E-state index is 12.5. The van der Waals surface area contributed by atoms with Crippen LogP contribution in [0.1, 0.15) is 11.3 Å². The normalized spacial score (nSPS) is 13.0. The van der Waals surface area contributed by atoms with Gasteiger partial charge in [0.25, 0.3) is 0 Å². The van der Waals surface area contributed by atoms with Crippen LogP contribution in [0.25, 0.3) is 10.9 Å². The number of hydrogen-bond acceptors (Lipinski definition) is 5. The van der Waals surface area contributed by atoms with Crippen molar-refractivity contribution in [2.24, 2.45) is 0 Å². The van der Waals surface area contributed by atoms with Gasteiger partial charge in [-0.2, -0.15) is 0 Å². The van der Waals surface area contributed by atoms with E-state index >= 15 is 0 Å². The molecule has 0 unspecified atom stereocenters. The van der Waals surface area contributed by atoms with E-state index in [0.717, 1.165) is 22.7 Å². The van der Waals surface area contributed by atoms with Gasteiger partial charge < -0.3 is 14.8 Å². The zero-order valence-corrected chi connectivity index (χ0v) is 14.6. The predicted molar refractivity (Wildman–Crippen MR) is 93.6 cm³/mol. The Morgan fingerprint density at radius 1 is 1.36 bits per heavy atom. The molecule has 8 nitrogen and oxygen atoms in total. The summed E-state index contributed by atoms with van der Waals surface area (Å²) in [5, 5.41) is 7.19. The molecule has 0 saturated carbocycles. The van der Waals surface area contributed by atoms with Crippen LogP contribution in [-0.2, 0) is 21.2 Å². The number of amides is 1. The summed E-state index contributed by atoms with van der Waals surface area (Å²) in [5.74, 6) is 0.269. The third kappa shape index (κ3) is 4.25. The SMILES string of the molecule is Cc1cc(NC(=O)[C@@H](Cc2c[nH]c3ccccc23)NS(C)(=O)=O)no1. The largest absolute Gasteiger partial charge is 0.361 e. The first-order valence-corrected chi connectivity index (χ1v) is 9.47. The van der Waals surface area contributed by atoms with Crippen LogP contribution in [0, 0.1) is 6.92 Å². The molecule has 0 bridgehead atoms. The van der Waals surface area contributed by atoms with Crippen LogP contribution in [0.15, 0.2) is 41.1 Å². The number of nitrogens with one attached hydrogen (secondary N) is 3. The summed E-state index contributed by atoms with van der Waals surface area (Å²) in [6.07, 6.45) is 2.98. The maximum absolute atomic E-state index is 12.5. The average Bonchev–Trinajstić information content (AvgIpc) is 3.12. The average molecular weight is 362 g/mol. The molecule has 9 heteroatoms. The molecule has 0 aliphatic heterocycles. The van der Waals surface area contributed by atoms with E-state index in [0.29, 0.717) is 5.76 Å². The van der Waals surface area contributed by atoms with Crippen molar-refractivity contribution in [2.45, 2.75) is 19.4 Å². The Bertz CT molecular complexity index is 1010. The predicted octanol–water partition coefficient (Wildman–Crippen LogP) is 1.56. The van der Waals surface area contributed by atoms with E-state index in [1.54, 1.807) is 19.2 Å². The first-order valence-electron chi connectivity index (χ1n) is 7.58. The third-order valence-electron chi connectivity index (χ3n) is 3.65. The molecule has 0 radical (unpaired) electrons. The van der Waals surface area contributed by atoms with Crippen LogP contribution in [0.2, 0.25) is 0 Å². The lowest BCUT2D eigenvalue weighted by Gasteiger charge is -2.16. The molecule has 3 aromatic rings. The number of anilines is 1. The molecule has 3 N–H and O–H groups in total. The fourth-order valence-corrected chi connectivity index (χ4v) is 3.31. The number of aromatic amines is 1. The van der Waals surface area contributed by atoms with Crippen LogP contribution in [0.5, 0.6) is 0 Å². The summed E-state index contributed by atoms with van der Waals surface area (Å²) in [5.41, 5.74) is 1.76. The molecule has 0 fully saturated rings. The number of fused-ring (bicyclic) bond motifs is 1. The number of hydrogen-bond donors (Lipinski definition) is 3. The molecule has 25 heavy (non-hydrogen) atoms. The van der Waals surface area contributed by atoms with E-state index in [4.69, 9.17) is 4.52 Å². The van der Waals surface area contributed by atoms with Gasteiger partial charge in [0, 0.05) is 23.2 Å². The molecular formula is C16H18N4O4S. The maximum Gasteiger partial charge on any atom is 0.244 e. The fraction of sp³-hybridized carbons (Fsp3) is 0.250. The van der Waals surface area contributed by atoms with E-state index in [-0.39, 0.29) is 12.2 Å². The molecule has 1 aromatic carbocycles. The molecule has 3 rings (SSSR count). The number of sulfonamides is 1. The van der Waals surface area contributed by atoms with Crippen LogP contribution in [-0.4, -0.2) is 36.8 Å². The lowest BCUT2D eigenvalue weighted by atomic mass is 10.1. The molecule has 0 spiro atoms. The lowest BCUT2D eigenvalue weighted by molar-refractivity contribution is -0.117. The second-order valence-electron chi connectivity index (χ2n) is 5.82. The lowest BCUT2D eigenvalue weighted by Crippen LogP contribution is -2.44. The Balaban J connectivity index is 1.85. The fourth-order valence-electron chi connectivity index (χ4n) is 2.61. The van der Waals surface area contributed by atoms with Gasteiger partial charge in [-0.25, -0.2) is 13.1 Å². The van der Waals surface area contributed by atoms with Crippen molar-refractivity contribution in [2.75, 3.05) is 11.6 Å². The Labute approximate surface area is 144 Å². The number of aromatic nitrogens is 2. The van der Waals surface area contributed by atoms with Gasteiger partial charge in [0.1, 0.15) is 11.8 Å². The number of benzene rings is 1. The summed E-state index contributed by atoms with van der Waals surface area (Å²) in [6.45, 7) is 1.70. The zero-order valence-electron chi connectivity index (χ0n) is 13.7. The van der Waals surface area contributed by atoms with E-state index in [1.807, 2.05) is 24.3 Å². The van der Waals surface area contributed by atoms with Gasteiger partial charge >= 0.3 is 0 Å². The summed E-state index contributed by atoms with van der Waals surface area (Å²) in [7, 11) is -3.58. The smallest absolute Gasteiger partial charge is 0.244 e. The first-order chi connectivity index (χ1) is 11.8. The van der Waals surface area contributed by atoms with Crippen molar-refractivity contribution in [3.63, 3.8) is 0 Å². The number of para-hydroxylation sites is 1. The van der Waals surface area contributed by atoms with E-state index in [9.17, 15) is 13.2 Å². The Kier molecular flexibility index (Phi) is 4.60. The number of nitrogens with zero attached hydrogens (tertiary/aromatic N) is 1. The topological polar surface area (TPSA) is 117 Å². The Morgan fingerprint density at radius 3 is 2.80 bits per heavy atom. The highest BCUT2D eigenvalue weighted by atomic mass is 32.2. The number of aryl methyl sites for hydroxylation is 1. The summed E-state index contributed by atoms with van der Waals surface area (Å²) >= 11 is 0. The van der Waals surface area contributed by atoms with Gasteiger partial charge in [0.15, 0.2) is 5.82 Å². The minimum atomic E-state index is -3.58. The van der Waals surface area contributed by atoms with Crippen molar-refractivity contribution < 1.29 is 17.7 Å². The van der Waals surface area contributed by atoms with Crippen molar-refractivity contribution in [1.29, 1.82) is 0 Å². The van der Waals surface area contributed by atoms with Gasteiger partial charge in [-0.3, -0.25) is 4.79 Å². The van der Waals surface area contributed by atoms with Gasteiger partial charge in [-0.05, 0) is 25.0 Å². The summed E-state index contributed by atoms with van der Waals surface area (Å²) in [4.78, 5) is 15.6. The minimum Gasteiger partial charge on any atom is -0.361 e.